The third-order valence-electron chi connectivity index (χ3n) is 6.86. The number of halogens is 2. The summed E-state index contributed by atoms with van der Waals surface area (Å²) >= 11 is 12.1. The van der Waals surface area contributed by atoms with Crippen LogP contribution in [0.3, 0.4) is 0 Å². The van der Waals surface area contributed by atoms with Crippen molar-refractivity contribution in [3.63, 3.8) is 0 Å². The number of ether oxygens (including phenoxy) is 4. The maximum absolute atomic E-state index is 12.8. The van der Waals surface area contributed by atoms with Gasteiger partial charge in [-0.15, -0.1) is 0 Å². The molecule has 3 saturated heterocycles. The Morgan fingerprint density at radius 3 is 2.76 bits per heavy atom. The van der Waals surface area contributed by atoms with Crippen LogP contribution in [0.4, 0.5) is 11.8 Å². The Balaban J connectivity index is 1.24. The van der Waals surface area contributed by atoms with Crippen molar-refractivity contribution < 1.29 is 23.7 Å². The normalized spacial score (nSPS) is 26.4. The lowest BCUT2D eigenvalue weighted by molar-refractivity contribution is -0.189. The van der Waals surface area contributed by atoms with Gasteiger partial charge in [-0.05, 0) is 32.9 Å². The summed E-state index contributed by atoms with van der Waals surface area (Å²) in [5.74, 6) is 0.436. The molecule has 0 aliphatic carbocycles. The predicted octanol–water partition coefficient (Wildman–Crippen LogP) is 3.21. The molecule has 5 heterocycles. The van der Waals surface area contributed by atoms with Crippen LogP contribution in [0.5, 0.6) is 5.75 Å². The van der Waals surface area contributed by atoms with Crippen molar-refractivity contribution >= 4 is 51.9 Å². The van der Waals surface area contributed by atoms with Crippen molar-refractivity contribution in [2.75, 3.05) is 30.3 Å². The Kier molecular flexibility index (Phi) is 6.31. The van der Waals surface area contributed by atoms with E-state index in [2.05, 4.69) is 15.3 Å². The van der Waals surface area contributed by atoms with Gasteiger partial charge in [0.25, 0.3) is 5.91 Å². The molecule has 38 heavy (non-hydrogen) atoms. The molecule has 0 unspecified atom stereocenters. The first-order valence-corrected chi connectivity index (χ1v) is 13.2. The minimum Gasteiger partial charge on any atom is -0.487 e. The van der Waals surface area contributed by atoms with Crippen molar-refractivity contribution in [1.82, 2.24) is 20.3 Å². The lowest BCUT2D eigenvalue weighted by atomic mass is 10.0. The number of nitrogens with two attached hydrogens (primary N) is 1. The standard InChI is InChI=1S/C25H28Cl2N6O5/c1-4-29-23(34)21-20-19(37-25(2,3)38-20)18(36-21)16-17-15(31-22(16)28)8-30-24(32-17)33-9-12(10-33)35-11-5-6-13(26)14(27)7-11/h5-8,12,18-21,31H,4,9-10,28H2,1-3H3,(H,29,34)/t18-,19-,20+,21+/m1/s1. The van der Waals surface area contributed by atoms with Crippen molar-refractivity contribution in [3.05, 3.63) is 40.0 Å². The number of nitrogens with zero attached hydrogens (tertiary/aromatic N) is 3. The molecule has 1 aromatic carbocycles. The summed E-state index contributed by atoms with van der Waals surface area (Å²) in [5.41, 5.74) is 8.30. The summed E-state index contributed by atoms with van der Waals surface area (Å²) in [6.45, 7) is 7.14. The summed E-state index contributed by atoms with van der Waals surface area (Å²) in [6.07, 6.45) is -0.980. The second-order valence-electron chi connectivity index (χ2n) is 10.0. The summed E-state index contributed by atoms with van der Waals surface area (Å²) in [7, 11) is 0. The molecule has 0 radical (unpaired) electrons. The topological polar surface area (TPSA) is 137 Å². The first kappa shape index (κ1) is 25.4. The van der Waals surface area contributed by atoms with Gasteiger partial charge >= 0.3 is 0 Å². The SMILES string of the molecule is CCNC(=O)[C@H]1O[C@H](c2c(N)[nH]c3cnc(N4CC(Oc5ccc(Cl)c(Cl)c5)C4)nc23)[C@H]2OC(C)(C)O[C@@H]21. The molecule has 11 nitrogen and oxygen atoms in total. The average molecular weight is 563 g/mol. The number of carbonyl (C=O) groups is 1. The third-order valence-corrected chi connectivity index (χ3v) is 7.60. The summed E-state index contributed by atoms with van der Waals surface area (Å²) in [4.78, 5) is 27.2. The number of hydrogen-bond donors (Lipinski definition) is 3. The van der Waals surface area contributed by atoms with Crippen LogP contribution in [-0.4, -0.2) is 70.7 Å². The monoisotopic (exact) mass is 562 g/mol. The fraction of sp³-hybridized carbons (Fsp3) is 0.480. The van der Waals surface area contributed by atoms with Gasteiger partial charge in [-0.25, -0.2) is 9.97 Å². The van der Waals surface area contributed by atoms with Gasteiger partial charge in [-0.3, -0.25) is 4.79 Å². The number of nitrogens with one attached hydrogen (secondary N) is 2. The smallest absolute Gasteiger partial charge is 0.251 e. The number of H-pyrrole nitrogens is 1. The van der Waals surface area contributed by atoms with Gasteiger partial charge in [0, 0.05) is 12.6 Å². The molecule has 202 valence electrons. The molecule has 4 N–H and O–H groups in total. The Bertz CT molecular complexity index is 1390. The van der Waals surface area contributed by atoms with Gasteiger partial charge in [-0.1, -0.05) is 23.2 Å². The first-order valence-electron chi connectivity index (χ1n) is 12.4. The molecule has 2 aromatic heterocycles. The Labute approximate surface area is 228 Å². The molecule has 3 aliphatic heterocycles. The zero-order valence-electron chi connectivity index (χ0n) is 21.0. The van der Waals surface area contributed by atoms with E-state index in [0.717, 1.165) is 0 Å². The molecular weight excluding hydrogens is 535 g/mol. The first-order chi connectivity index (χ1) is 18.1. The highest BCUT2D eigenvalue weighted by Gasteiger charge is 2.58. The Morgan fingerprint density at radius 2 is 2.03 bits per heavy atom. The molecule has 13 heteroatoms. The minimum atomic E-state index is -0.871. The largest absolute Gasteiger partial charge is 0.487 e. The fourth-order valence-corrected chi connectivity index (χ4v) is 5.47. The molecule has 6 rings (SSSR count). The summed E-state index contributed by atoms with van der Waals surface area (Å²) in [5, 5.41) is 3.73. The van der Waals surface area contributed by atoms with E-state index in [9.17, 15) is 4.79 Å². The average Bonchev–Trinajstić information content (AvgIpc) is 3.45. The van der Waals surface area contributed by atoms with Crippen molar-refractivity contribution in [2.45, 2.75) is 57.1 Å². The van der Waals surface area contributed by atoms with Crippen molar-refractivity contribution in [1.29, 1.82) is 0 Å². The van der Waals surface area contributed by atoms with E-state index in [1.807, 2.05) is 25.7 Å². The van der Waals surface area contributed by atoms with Crippen molar-refractivity contribution in [2.24, 2.45) is 0 Å². The quantitative estimate of drug-likeness (QED) is 0.413. The van der Waals surface area contributed by atoms with Crippen LogP contribution in [0.25, 0.3) is 11.0 Å². The van der Waals surface area contributed by atoms with Gasteiger partial charge in [-0.2, -0.15) is 0 Å². The highest BCUT2D eigenvalue weighted by atomic mass is 35.5. The highest BCUT2D eigenvalue weighted by Crippen LogP contribution is 2.48. The third kappa shape index (κ3) is 4.42. The second kappa shape index (κ2) is 9.42. The lowest BCUT2D eigenvalue weighted by Gasteiger charge is -2.38. The molecule has 0 spiro atoms. The van der Waals surface area contributed by atoms with Crippen LogP contribution in [0.15, 0.2) is 24.4 Å². The molecular formula is C25H28Cl2N6O5. The molecule has 3 aromatic rings. The number of hydrogen-bond acceptors (Lipinski definition) is 9. The number of nitrogen functional groups attached to an aromatic ring is 1. The van der Waals surface area contributed by atoms with E-state index in [0.29, 0.717) is 63.8 Å². The molecule has 1 amide bonds. The predicted molar refractivity (Wildman–Crippen MR) is 142 cm³/mol. The summed E-state index contributed by atoms with van der Waals surface area (Å²) in [6, 6.07) is 5.19. The van der Waals surface area contributed by atoms with E-state index >= 15 is 0 Å². The Morgan fingerprint density at radius 1 is 1.26 bits per heavy atom. The highest BCUT2D eigenvalue weighted by molar-refractivity contribution is 6.42. The van der Waals surface area contributed by atoms with Gasteiger partial charge in [0.15, 0.2) is 11.9 Å². The number of rotatable bonds is 6. The van der Waals surface area contributed by atoms with Crippen LogP contribution in [0.1, 0.15) is 32.4 Å². The van der Waals surface area contributed by atoms with E-state index in [1.165, 1.54) is 0 Å². The number of carbonyl (C=O) groups excluding carboxylic acids is 1. The number of likely N-dealkylation sites (N-methyl/N-ethyl adjacent to an activating group) is 1. The number of benzene rings is 1. The molecule has 3 aliphatic rings. The van der Waals surface area contributed by atoms with Gasteiger partial charge < -0.3 is 39.9 Å². The van der Waals surface area contributed by atoms with Crippen LogP contribution in [-0.2, 0) is 19.0 Å². The number of amides is 1. The van der Waals surface area contributed by atoms with Crippen LogP contribution < -0.4 is 20.7 Å². The van der Waals surface area contributed by atoms with Gasteiger partial charge in [0.1, 0.15) is 41.5 Å². The van der Waals surface area contributed by atoms with E-state index in [-0.39, 0.29) is 12.0 Å². The number of fused-ring (bicyclic) bond motifs is 2. The Hall–Kier alpha value is -2.83. The fourth-order valence-electron chi connectivity index (χ4n) is 5.18. The van der Waals surface area contributed by atoms with E-state index in [1.54, 1.807) is 24.4 Å². The molecule has 4 atom stereocenters. The van der Waals surface area contributed by atoms with E-state index in [4.69, 9.17) is 52.9 Å². The van der Waals surface area contributed by atoms with Crippen LogP contribution in [0, 0.1) is 0 Å². The maximum atomic E-state index is 12.8. The molecule has 0 saturated carbocycles. The zero-order chi connectivity index (χ0) is 26.8. The molecule has 0 bridgehead atoms. The van der Waals surface area contributed by atoms with Gasteiger partial charge in [0.2, 0.25) is 5.95 Å². The van der Waals surface area contributed by atoms with Crippen molar-refractivity contribution in [3.8, 4) is 5.75 Å². The zero-order valence-corrected chi connectivity index (χ0v) is 22.5. The maximum Gasteiger partial charge on any atom is 0.251 e. The van der Waals surface area contributed by atoms with Crippen LogP contribution >= 0.6 is 23.2 Å². The van der Waals surface area contributed by atoms with E-state index < -0.39 is 30.2 Å². The lowest BCUT2D eigenvalue weighted by Crippen LogP contribution is -2.54. The number of anilines is 2. The van der Waals surface area contributed by atoms with Crippen LogP contribution in [0.2, 0.25) is 10.0 Å². The molecule has 3 fully saturated rings. The number of aromatic amines is 1. The second-order valence-corrected chi connectivity index (χ2v) is 10.9. The van der Waals surface area contributed by atoms with Gasteiger partial charge in [0.05, 0.1) is 40.4 Å². The summed E-state index contributed by atoms with van der Waals surface area (Å²) < 4.78 is 24.5. The number of aromatic nitrogens is 3. The minimum absolute atomic E-state index is 0.0506.